The summed E-state index contributed by atoms with van der Waals surface area (Å²) in [6, 6.07) is -0.660. The Kier molecular flexibility index (Phi) is 5.91. The van der Waals surface area contributed by atoms with E-state index in [4.69, 9.17) is 0 Å². The molecule has 0 aliphatic carbocycles. The highest BCUT2D eigenvalue weighted by Crippen LogP contribution is 2.10. The number of ether oxygens (including phenoxy) is 1. The molecule has 7 heteroatoms. The molecule has 1 rings (SSSR count). The van der Waals surface area contributed by atoms with E-state index < -0.39 is 12.0 Å². The lowest BCUT2D eigenvalue weighted by molar-refractivity contribution is -0.145. The molecular weight excluding hydrogens is 266 g/mol. The maximum atomic E-state index is 11.6. The Balaban J connectivity index is 2.57. The number of hydrogen-bond acceptors (Lipinski definition) is 6. The van der Waals surface area contributed by atoms with Crippen molar-refractivity contribution in [1.29, 1.82) is 0 Å². The molecule has 106 valence electrons. The number of nitrogens with zero attached hydrogens (tertiary/aromatic N) is 2. The van der Waals surface area contributed by atoms with E-state index in [2.05, 4.69) is 15.0 Å². The molecule has 1 unspecified atom stereocenters. The molecule has 0 spiro atoms. The van der Waals surface area contributed by atoms with Crippen molar-refractivity contribution in [3.63, 3.8) is 0 Å². The highest BCUT2D eigenvalue weighted by Gasteiger charge is 2.22. The van der Waals surface area contributed by atoms with E-state index in [1.54, 1.807) is 11.3 Å². The zero-order valence-corrected chi connectivity index (χ0v) is 12.4. The third-order valence-corrected chi connectivity index (χ3v) is 3.28. The number of carbonyl (C=O) groups is 2. The van der Waals surface area contributed by atoms with Crippen LogP contribution in [0, 0.1) is 6.92 Å². The van der Waals surface area contributed by atoms with Gasteiger partial charge >= 0.3 is 5.97 Å². The third-order valence-electron chi connectivity index (χ3n) is 2.46. The predicted octanol–water partition coefficient (Wildman–Crippen LogP) is 0.561. The number of thiazole rings is 1. The highest BCUT2D eigenvalue weighted by molar-refractivity contribution is 7.09. The summed E-state index contributed by atoms with van der Waals surface area (Å²) in [5.74, 6) is -0.704. The average molecular weight is 285 g/mol. The van der Waals surface area contributed by atoms with Gasteiger partial charge in [-0.2, -0.15) is 0 Å². The number of rotatable bonds is 6. The number of methoxy groups -OCH3 is 1. The van der Waals surface area contributed by atoms with Crippen molar-refractivity contribution < 1.29 is 14.3 Å². The number of hydrogen-bond donors (Lipinski definition) is 1. The Morgan fingerprint density at radius 1 is 1.58 bits per heavy atom. The van der Waals surface area contributed by atoms with Crippen molar-refractivity contribution in [3.8, 4) is 0 Å². The van der Waals surface area contributed by atoms with Crippen LogP contribution in [0.4, 0.5) is 0 Å². The highest BCUT2D eigenvalue weighted by atomic mass is 32.1. The molecule has 0 saturated carbocycles. The van der Waals surface area contributed by atoms with Gasteiger partial charge in [0, 0.05) is 25.4 Å². The van der Waals surface area contributed by atoms with Gasteiger partial charge in [0.25, 0.3) is 0 Å². The lowest BCUT2D eigenvalue weighted by Gasteiger charge is -2.22. The summed E-state index contributed by atoms with van der Waals surface area (Å²) in [6.07, 6.45) is 0. The van der Waals surface area contributed by atoms with Gasteiger partial charge in [-0.05, 0) is 14.0 Å². The fourth-order valence-corrected chi connectivity index (χ4v) is 2.30. The second-order valence-corrected chi connectivity index (χ2v) is 5.39. The van der Waals surface area contributed by atoms with Crippen LogP contribution in [0.15, 0.2) is 5.38 Å². The number of likely N-dealkylation sites (N-methyl/N-ethyl adjacent to an activating group) is 1. The van der Waals surface area contributed by atoms with Crippen molar-refractivity contribution in [3.05, 3.63) is 16.1 Å². The lowest BCUT2D eigenvalue weighted by Crippen LogP contribution is -2.47. The second-order valence-electron chi connectivity index (χ2n) is 4.33. The molecule has 1 aromatic heterocycles. The van der Waals surface area contributed by atoms with E-state index >= 15 is 0 Å². The van der Waals surface area contributed by atoms with E-state index in [0.717, 1.165) is 10.7 Å². The Bertz CT molecular complexity index is 447. The first kappa shape index (κ1) is 15.6. The molecule has 0 aliphatic heterocycles. The van der Waals surface area contributed by atoms with Crippen molar-refractivity contribution in [2.45, 2.75) is 26.4 Å². The molecule has 6 nitrogen and oxygen atoms in total. The topological polar surface area (TPSA) is 71.5 Å². The minimum Gasteiger partial charge on any atom is -0.467 e. The molecule has 0 fully saturated rings. The summed E-state index contributed by atoms with van der Waals surface area (Å²) in [6.45, 7) is 4.32. The first-order valence-corrected chi connectivity index (χ1v) is 6.74. The van der Waals surface area contributed by atoms with Crippen LogP contribution in [0.3, 0.4) is 0 Å². The molecule has 0 saturated heterocycles. The minimum absolute atomic E-state index is 0.256. The number of amides is 1. The van der Waals surface area contributed by atoms with Crippen molar-refractivity contribution >= 4 is 23.2 Å². The van der Waals surface area contributed by atoms with Crippen LogP contribution in [0.1, 0.15) is 17.6 Å². The van der Waals surface area contributed by atoms with Gasteiger partial charge in [-0.25, -0.2) is 9.78 Å². The van der Waals surface area contributed by atoms with Crippen LogP contribution in [0.5, 0.6) is 0 Å². The summed E-state index contributed by atoms with van der Waals surface area (Å²) in [7, 11) is 3.17. The molecule has 0 radical (unpaired) electrons. The fourth-order valence-electron chi connectivity index (χ4n) is 1.70. The Morgan fingerprint density at radius 2 is 2.26 bits per heavy atom. The number of esters is 1. The zero-order chi connectivity index (χ0) is 14.4. The normalized spacial score (nSPS) is 12.3. The largest absolute Gasteiger partial charge is 0.467 e. The first-order chi connectivity index (χ1) is 8.92. The van der Waals surface area contributed by atoms with Crippen molar-refractivity contribution in [2.24, 2.45) is 0 Å². The van der Waals surface area contributed by atoms with Gasteiger partial charge in [0.15, 0.2) is 0 Å². The molecule has 19 heavy (non-hydrogen) atoms. The number of nitrogens with one attached hydrogen (secondary N) is 1. The van der Waals surface area contributed by atoms with Crippen molar-refractivity contribution in [2.75, 3.05) is 20.7 Å². The third kappa shape index (κ3) is 5.35. The Morgan fingerprint density at radius 3 is 2.74 bits per heavy atom. The molecule has 1 N–H and O–H groups in total. The van der Waals surface area contributed by atoms with Gasteiger partial charge in [0.05, 0.1) is 17.8 Å². The fraction of sp³-hybridized carbons (Fsp3) is 0.583. The average Bonchev–Trinajstić information content (AvgIpc) is 2.72. The van der Waals surface area contributed by atoms with Gasteiger partial charge in [-0.3, -0.25) is 9.69 Å². The summed E-state index contributed by atoms with van der Waals surface area (Å²) in [5.41, 5.74) is 0.955. The van der Waals surface area contributed by atoms with Crippen LogP contribution in [0.25, 0.3) is 0 Å². The molecule has 0 aliphatic rings. The molecule has 1 atom stereocenters. The van der Waals surface area contributed by atoms with Gasteiger partial charge in [-0.1, -0.05) is 0 Å². The molecule has 1 amide bonds. The van der Waals surface area contributed by atoms with Gasteiger partial charge in [-0.15, -0.1) is 11.3 Å². The van der Waals surface area contributed by atoms with Crippen LogP contribution >= 0.6 is 11.3 Å². The Hall–Kier alpha value is -1.47. The predicted molar refractivity (Wildman–Crippen MR) is 72.8 cm³/mol. The quantitative estimate of drug-likeness (QED) is 0.773. The molecule has 0 aromatic carbocycles. The van der Waals surface area contributed by atoms with Gasteiger partial charge < -0.3 is 10.1 Å². The maximum Gasteiger partial charge on any atom is 0.329 e. The van der Waals surface area contributed by atoms with E-state index in [1.165, 1.54) is 14.0 Å². The van der Waals surface area contributed by atoms with Crippen molar-refractivity contribution in [1.82, 2.24) is 15.2 Å². The standard InChI is InChI=1S/C12H19N3O3S/c1-8(16)13-11(12(17)18-4)6-15(3)5-10-7-19-9(2)14-10/h7,11H,5-6H2,1-4H3,(H,13,16). The van der Waals surface area contributed by atoms with Crippen LogP contribution in [-0.4, -0.2) is 48.5 Å². The van der Waals surface area contributed by atoms with Crippen LogP contribution < -0.4 is 5.32 Å². The van der Waals surface area contributed by atoms with E-state index in [1.807, 2.05) is 24.3 Å². The van der Waals surface area contributed by atoms with Crippen LogP contribution in [0.2, 0.25) is 0 Å². The number of carbonyl (C=O) groups excluding carboxylic acids is 2. The molecule has 1 heterocycles. The zero-order valence-electron chi connectivity index (χ0n) is 11.6. The summed E-state index contributed by atoms with van der Waals surface area (Å²) in [5, 5.41) is 5.57. The van der Waals surface area contributed by atoms with Crippen LogP contribution in [-0.2, 0) is 20.9 Å². The SMILES string of the molecule is COC(=O)C(CN(C)Cc1csc(C)n1)NC(C)=O. The van der Waals surface area contributed by atoms with E-state index in [9.17, 15) is 9.59 Å². The van der Waals surface area contributed by atoms with E-state index in [-0.39, 0.29) is 5.91 Å². The van der Waals surface area contributed by atoms with Gasteiger partial charge in [0.2, 0.25) is 5.91 Å². The van der Waals surface area contributed by atoms with Gasteiger partial charge in [0.1, 0.15) is 6.04 Å². The second kappa shape index (κ2) is 7.20. The monoisotopic (exact) mass is 285 g/mol. The molecular formula is C12H19N3O3S. The summed E-state index contributed by atoms with van der Waals surface area (Å²) < 4.78 is 4.67. The summed E-state index contributed by atoms with van der Waals surface area (Å²) >= 11 is 1.59. The minimum atomic E-state index is -0.660. The smallest absolute Gasteiger partial charge is 0.329 e. The summed E-state index contributed by atoms with van der Waals surface area (Å²) in [4.78, 5) is 28.9. The maximum absolute atomic E-state index is 11.6. The first-order valence-electron chi connectivity index (χ1n) is 5.87. The molecule has 1 aromatic rings. The Labute approximate surface area is 116 Å². The number of aromatic nitrogens is 1. The molecule has 0 bridgehead atoms. The van der Waals surface area contributed by atoms with E-state index in [0.29, 0.717) is 13.1 Å². The number of aryl methyl sites for hydroxylation is 1. The lowest BCUT2D eigenvalue weighted by atomic mass is 10.2.